The van der Waals surface area contributed by atoms with Gasteiger partial charge in [0.05, 0.1) is 24.3 Å². The molecule has 1 aromatic heterocycles. The van der Waals surface area contributed by atoms with Crippen molar-refractivity contribution in [2.75, 3.05) is 33.4 Å². The summed E-state index contributed by atoms with van der Waals surface area (Å²) in [7, 11) is 1.65. The molecule has 0 aliphatic heterocycles. The van der Waals surface area contributed by atoms with Gasteiger partial charge in [0, 0.05) is 13.1 Å². The molecular formula is C22H27N3O3. The second kappa shape index (κ2) is 9.90. The van der Waals surface area contributed by atoms with Crippen molar-refractivity contribution in [1.82, 2.24) is 14.5 Å². The Hall–Kier alpha value is -2.86. The maximum atomic E-state index is 12.5. The zero-order chi connectivity index (χ0) is 19.8. The van der Waals surface area contributed by atoms with E-state index in [1.807, 2.05) is 48.5 Å². The number of rotatable bonds is 10. The van der Waals surface area contributed by atoms with Gasteiger partial charge in [0.15, 0.2) is 0 Å². The molecule has 0 aliphatic carbocycles. The first kappa shape index (κ1) is 19.9. The van der Waals surface area contributed by atoms with Gasteiger partial charge >= 0.3 is 0 Å². The Morgan fingerprint density at radius 3 is 2.54 bits per heavy atom. The first-order valence-electron chi connectivity index (χ1n) is 9.64. The van der Waals surface area contributed by atoms with E-state index in [0.717, 1.165) is 43.1 Å². The molecule has 0 bridgehead atoms. The molecule has 0 saturated heterocycles. The Morgan fingerprint density at radius 1 is 1.04 bits per heavy atom. The fourth-order valence-corrected chi connectivity index (χ4v) is 3.12. The van der Waals surface area contributed by atoms with Gasteiger partial charge in [-0.25, -0.2) is 4.98 Å². The molecule has 0 aliphatic rings. The molecule has 0 amide bonds. The SMILES string of the molecule is CCN(CCCn1cnc2ccccc2c1=O)CCOc1ccc(OC)cc1. The third kappa shape index (κ3) is 5.10. The number of aryl methyl sites for hydroxylation is 1. The van der Waals surface area contributed by atoms with E-state index in [2.05, 4.69) is 16.8 Å². The van der Waals surface area contributed by atoms with E-state index in [4.69, 9.17) is 9.47 Å². The molecular weight excluding hydrogens is 354 g/mol. The predicted octanol–water partition coefficient (Wildman–Crippen LogP) is 3.20. The van der Waals surface area contributed by atoms with Crippen LogP contribution in [0.15, 0.2) is 59.7 Å². The van der Waals surface area contributed by atoms with E-state index in [1.165, 1.54) is 0 Å². The molecule has 1 heterocycles. The highest BCUT2D eigenvalue weighted by Crippen LogP contribution is 2.16. The van der Waals surface area contributed by atoms with Crippen LogP contribution in [0.2, 0.25) is 0 Å². The van der Waals surface area contributed by atoms with Crippen LogP contribution in [0.25, 0.3) is 10.9 Å². The van der Waals surface area contributed by atoms with Gasteiger partial charge in [0.2, 0.25) is 0 Å². The van der Waals surface area contributed by atoms with Gasteiger partial charge in [0.25, 0.3) is 5.56 Å². The Kier molecular flexibility index (Phi) is 7.03. The molecule has 0 saturated carbocycles. The average Bonchev–Trinajstić information content (AvgIpc) is 2.74. The number of methoxy groups -OCH3 is 1. The summed E-state index contributed by atoms with van der Waals surface area (Å²) in [4.78, 5) is 19.2. The van der Waals surface area contributed by atoms with E-state index >= 15 is 0 Å². The number of nitrogens with zero attached hydrogens (tertiary/aromatic N) is 3. The number of benzene rings is 2. The van der Waals surface area contributed by atoms with Gasteiger partial charge in [-0.1, -0.05) is 19.1 Å². The van der Waals surface area contributed by atoms with Crippen LogP contribution in [0.1, 0.15) is 13.3 Å². The summed E-state index contributed by atoms with van der Waals surface area (Å²) in [5.41, 5.74) is 0.770. The topological polar surface area (TPSA) is 56.6 Å². The molecule has 3 aromatic rings. The summed E-state index contributed by atoms with van der Waals surface area (Å²) in [6.45, 7) is 6.10. The number of fused-ring (bicyclic) bond motifs is 1. The van der Waals surface area contributed by atoms with E-state index in [0.29, 0.717) is 18.5 Å². The average molecular weight is 381 g/mol. The molecule has 0 fully saturated rings. The third-order valence-corrected chi connectivity index (χ3v) is 4.79. The summed E-state index contributed by atoms with van der Waals surface area (Å²) < 4.78 is 12.7. The Morgan fingerprint density at radius 2 is 1.79 bits per heavy atom. The van der Waals surface area contributed by atoms with Gasteiger partial charge in [0.1, 0.15) is 18.1 Å². The van der Waals surface area contributed by atoms with E-state index in [9.17, 15) is 4.79 Å². The lowest BCUT2D eigenvalue weighted by Crippen LogP contribution is -2.31. The third-order valence-electron chi connectivity index (χ3n) is 4.79. The standard InChI is InChI=1S/C22H27N3O3/c1-3-24(15-16-28-19-11-9-18(27-2)10-12-19)13-6-14-25-17-23-21-8-5-4-7-20(21)22(25)26/h4-5,7-12,17H,3,6,13-16H2,1-2H3. The van der Waals surface area contributed by atoms with E-state index in [-0.39, 0.29) is 5.56 Å². The van der Waals surface area contributed by atoms with Crippen LogP contribution in [0.4, 0.5) is 0 Å². The second-order valence-corrected chi connectivity index (χ2v) is 6.57. The highest BCUT2D eigenvalue weighted by Gasteiger charge is 2.06. The van der Waals surface area contributed by atoms with Crippen LogP contribution in [0.5, 0.6) is 11.5 Å². The highest BCUT2D eigenvalue weighted by atomic mass is 16.5. The van der Waals surface area contributed by atoms with Gasteiger partial charge in [-0.15, -0.1) is 0 Å². The summed E-state index contributed by atoms with van der Waals surface area (Å²) in [6.07, 6.45) is 2.53. The minimum Gasteiger partial charge on any atom is -0.497 e. The molecule has 28 heavy (non-hydrogen) atoms. The van der Waals surface area contributed by atoms with Crippen molar-refractivity contribution in [3.63, 3.8) is 0 Å². The van der Waals surface area contributed by atoms with Crippen molar-refractivity contribution in [3.8, 4) is 11.5 Å². The molecule has 0 atom stereocenters. The van der Waals surface area contributed by atoms with Gasteiger partial charge < -0.3 is 14.4 Å². The highest BCUT2D eigenvalue weighted by molar-refractivity contribution is 5.76. The largest absolute Gasteiger partial charge is 0.497 e. The number of hydrogen-bond donors (Lipinski definition) is 0. The molecule has 0 unspecified atom stereocenters. The van der Waals surface area contributed by atoms with Crippen LogP contribution >= 0.6 is 0 Å². The lowest BCUT2D eigenvalue weighted by molar-refractivity contribution is 0.211. The molecule has 3 rings (SSSR count). The van der Waals surface area contributed by atoms with Gasteiger partial charge in [-0.3, -0.25) is 9.36 Å². The van der Waals surface area contributed by atoms with E-state index in [1.54, 1.807) is 18.0 Å². The van der Waals surface area contributed by atoms with Crippen LogP contribution in [-0.4, -0.2) is 47.8 Å². The summed E-state index contributed by atoms with van der Waals surface area (Å²) in [6, 6.07) is 15.1. The van der Waals surface area contributed by atoms with Crippen LogP contribution in [0.3, 0.4) is 0 Å². The van der Waals surface area contributed by atoms with Crippen molar-refractivity contribution in [2.45, 2.75) is 19.9 Å². The monoisotopic (exact) mass is 381 g/mol. The second-order valence-electron chi connectivity index (χ2n) is 6.57. The number of hydrogen-bond acceptors (Lipinski definition) is 5. The van der Waals surface area contributed by atoms with E-state index < -0.39 is 0 Å². The zero-order valence-electron chi connectivity index (χ0n) is 16.5. The van der Waals surface area contributed by atoms with Crippen molar-refractivity contribution >= 4 is 10.9 Å². The predicted molar refractivity (Wildman–Crippen MR) is 111 cm³/mol. The Balaban J connectivity index is 1.46. The lowest BCUT2D eigenvalue weighted by Gasteiger charge is -2.20. The number of para-hydroxylation sites is 1. The van der Waals surface area contributed by atoms with Crippen molar-refractivity contribution in [3.05, 3.63) is 65.2 Å². The first-order chi connectivity index (χ1) is 13.7. The van der Waals surface area contributed by atoms with Crippen LogP contribution in [-0.2, 0) is 6.54 Å². The summed E-state index contributed by atoms with van der Waals surface area (Å²) >= 11 is 0. The first-order valence-corrected chi connectivity index (χ1v) is 9.64. The summed E-state index contributed by atoms with van der Waals surface area (Å²) in [5.74, 6) is 1.66. The van der Waals surface area contributed by atoms with Crippen LogP contribution < -0.4 is 15.0 Å². The molecule has 6 heteroatoms. The van der Waals surface area contributed by atoms with Crippen molar-refractivity contribution in [1.29, 1.82) is 0 Å². The van der Waals surface area contributed by atoms with Crippen molar-refractivity contribution < 1.29 is 9.47 Å². The normalized spacial score (nSPS) is 11.1. The molecule has 0 spiro atoms. The maximum Gasteiger partial charge on any atom is 0.261 e. The fourth-order valence-electron chi connectivity index (χ4n) is 3.12. The number of ether oxygens (including phenoxy) is 2. The quantitative estimate of drug-likeness (QED) is 0.540. The fraction of sp³-hybridized carbons (Fsp3) is 0.364. The summed E-state index contributed by atoms with van der Waals surface area (Å²) in [5, 5.41) is 0.672. The number of aromatic nitrogens is 2. The molecule has 148 valence electrons. The van der Waals surface area contributed by atoms with Crippen molar-refractivity contribution in [2.24, 2.45) is 0 Å². The van der Waals surface area contributed by atoms with Gasteiger partial charge in [-0.2, -0.15) is 0 Å². The molecule has 6 nitrogen and oxygen atoms in total. The molecule has 2 aromatic carbocycles. The molecule has 0 radical (unpaired) electrons. The Bertz CT molecular complexity index is 938. The minimum atomic E-state index is 0.0245. The lowest BCUT2D eigenvalue weighted by atomic mass is 10.2. The Labute approximate surface area is 165 Å². The van der Waals surface area contributed by atoms with Crippen LogP contribution in [0, 0.1) is 0 Å². The maximum absolute atomic E-state index is 12.5. The minimum absolute atomic E-state index is 0.0245. The zero-order valence-corrected chi connectivity index (χ0v) is 16.5. The molecule has 0 N–H and O–H groups in total. The smallest absolute Gasteiger partial charge is 0.261 e. The number of likely N-dealkylation sites (N-methyl/N-ethyl adjacent to an activating group) is 1. The van der Waals surface area contributed by atoms with Gasteiger partial charge in [-0.05, 0) is 55.9 Å².